The van der Waals surface area contributed by atoms with E-state index in [4.69, 9.17) is 16.1 Å². The molecule has 0 bridgehead atoms. The third-order valence-corrected chi connectivity index (χ3v) is 3.60. The van der Waals surface area contributed by atoms with Crippen LogP contribution in [0.25, 0.3) is 0 Å². The maximum Gasteiger partial charge on any atom is 0.290 e. The first-order chi connectivity index (χ1) is 9.09. The summed E-state index contributed by atoms with van der Waals surface area (Å²) >= 11 is 5.88. The molecule has 0 radical (unpaired) electrons. The zero-order chi connectivity index (χ0) is 13.5. The zero-order valence-corrected chi connectivity index (χ0v) is 11.2. The van der Waals surface area contributed by atoms with E-state index in [1.807, 2.05) is 24.3 Å². The van der Waals surface area contributed by atoms with Crippen LogP contribution in [0.15, 0.2) is 34.9 Å². The number of nitrogens with zero attached hydrogens (tertiary/aromatic N) is 1. The smallest absolute Gasteiger partial charge is 0.290 e. The van der Waals surface area contributed by atoms with Crippen LogP contribution in [-0.2, 0) is 5.54 Å². The minimum absolute atomic E-state index is 0.229. The first kappa shape index (κ1) is 12.2. The normalized spacial score (nSPS) is 16.1. The second kappa shape index (κ2) is 4.38. The largest absolute Gasteiger partial charge is 0.351 e. The first-order valence-corrected chi connectivity index (χ1v) is 6.49. The van der Waals surface area contributed by atoms with Crippen molar-refractivity contribution in [1.29, 1.82) is 0 Å². The van der Waals surface area contributed by atoms with Gasteiger partial charge in [-0.15, -0.1) is 0 Å². The van der Waals surface area contributed by atoms with Gasteiger partial charge in [-0.2, -0.15) is 0 Å². The maximum absolute atomic E-state index is 12.1. The van der Waals surface area contributed by atoms with Crippen molar-refractivity contribution in [3.63, 3.8) is 0 Å². The summed E-state index contributed by atoms with van der Waals surface area (Å²) in [5.41, 5.74) is 1.49. The number of carbonyl (C=O) groups is 1. The Morgan fingerprint density at radius 1 is 1.37 bits per heavy atom. The molecule has 0 atom stereocenters. The van der Waals surface area contributed by atoms with Crippen molar-refractivity contribution in [2.45, 2.75) is 25.3 Å². The highest BCUT2D eigenvalue weighted by Crippen LogP contribution is 2.45. The van der Waals surface area contributed by atoms with Crippen LogP contribution in [0.1, 0.15) is 34.7 Å². The highest BCUT2D eigenvalue weighted by atomic mass is 35.5. The van der Waals surface area contributed by atoms with Gasteiger partial charge < -0.3 is 9.84 Å². The van der Waals surface area contributed by atoms with Crippen LogP contribution in [0.2, 0.25) is 5.02 Å². The topological polar surface area (TPSA) is 55.1 Å². The predicted molar refractivity (Wildman–Crippen MR) is 71.1 cm³/mol. The van der Waals surface area contributed by atoms with Gasteiger partial charge in [0.1, 0.15) is 0 Å². The molecule has 0 spiro atoms. The molecule has 19 heavy (non-hydrogen) atoms. The van der Waals surface area contributed by atoms with Gasteiger partial charge in [-0.3, -0.25) is 4.79 Å². The first-order valence-electron chi connectivity index (χ1n) is 6.11. The van der Waals surface area contributed by atoms with E-state index >= 15 is 0 Å². The van der Waals surface area contributed by atoms with Gasteiger partial charge in [0.05, 0.1) is 11.2 Å². The molecule has 4 nitrogen and oxygen atoms in total. The van der Waals surface area contributed by atoms with Crippen LogP contribution in [-0.4, -0.2) is 11.1 Å². The van der Waals surface area contributed by atoms with Crippen molar-refractivity contribution < 1.29 is 9.32 Å². The van der Waals surface area contributed by atoms with Crippen molar-refractivity contribution in [2.24, 2.45) is 0 Å². The summed E-state index contributed by atoms with van der Waals surface area (Å²) in [5.74, 6) is 0.0192. The minimum Gasteiger partial charge on any atom is -0.351 e. The molecule has 1 amide bonds. The van der Waals surface area contributed by atoms with Crippen LogP contribution >= 0.6 is 11.6 Å². The van der Waals surface area contributed by atoms with Crippen molar-refractivity contribution in [3.8, 4) is 0 Å². The second-order valence-electron chi connectivity index (χ2n) is 4.88. The molecule has 1 aromatic heterocycles. The van der Waals surface area contributed by atoms with Crippen molar-refractivity contribution in [3.05, 3.63) is 52.4 Å². The van der Waals surface area contributed by atoms with Gasteiger partial charge in [0, 0.05) is 11.1 Å². The van der Waals surface area contributed by atoms with E-state index in [0.717, 1.165) is 18.4 Å². The molecule has 98 valence electrons. The predicted octanol–water partition coefficient (Wildman–Crippen LogP) is 3.06. The van der Waals surface area contributed by atoms with Gasteiger partial charge in [0.15, 0.2) is 0 Å². The summed E-state index contributed by atoms with van der Waals surface area (Å²) in [6, 6.07) is 9.19. The van der Waals surface area contributed by atoms with Crippen LogP contribution in [0.4, 0.5) is 0 Å². The van der Waals surface area contributed by atoms with Gasteiger partial charge in [-0.1, -0.05) is 28.9 Å². The van der Waals surface area contributed by atoms with E-state index in [1.165, 1.54) is 0 Å². The second-order valence-corrected chi connectivity index (χ2v) is 5.31. The van der Waals surface area contributed by atoms with E-state index in [9.17, 15) is 4.79 Å². The molecule has 1 aliphatic carbocycles. The zero-order valence-electron chi connectivity index (χ0n) is 10.4. The van der Waals surface area contributed by atoms with E-state index in [1.54, 1.807) is 13.0 Å². The average molecular weight is 277 g/mol. The number of benzene rings is 1. The molecule has 0 aliphatic heterocycles. The molecule has 5 heteroatoms. The lowest BCUT2D eigenvalue weighted by molar-refractivity contribution is 0.0893. The fraction of sp³-hybridized carbons (Fsp3) is 0.286. The highest BCUT2D eigenvalue weighted by molar-refractivity contribution is 6.30. The summed E-state index contributed by atoms with van der Waals surface area (Å²) in [5, 5.41) is 7.43. The molecule has 0 unspecified atom stereocenters. The summed E-state index contributed by atoms with van der Waals surface area (Å²) < 4.78 is 4.97. The van der Waals surface area contributed by atoms with E-state index in [0.29, 0.717) is 10.7 Å². The van der Waals surface area contributed by atoms with Crippen LogP contribution in [0, 0.1) is 6.92 Å². The Hall–Kier alpha value is -1.81. The summed E-state index contributed by atoms with van der Waals surface area (Å²) in [6.07, 6.45) is 1.85. The Morgan fingerprint density at radius 2 is 2.05 bits per heavy atom. The summed E-state index contributed by atoms with van der Waals surface area (Å²) in [6.45, 7) is 1.78. The fourth-order valence-electron chi connectivity index (χ4n) is 2.13. The molecule has 1 N–H and O–H groups in total. The van der Waals surface area contributed by atoms with Crippen LogP contribution < -0.4 is 5.32 Å². The van der Waals surface area contributed by atoms with E-state index in [2.05, 4.69) is 10.5 Å². The van der Waals surface area contributed by atoms with Gasteiger partial charge in [0.2, 0.25) is 5.76 Å². The van der Waals surface area contributed by atoms with Gasteiger partial charge >= 0.3 is 0 Å². The minimum atomic E-state index is -0.275. The number of aryl methyl sites for hydroxylation is 1. The van der Waals surface area contributed by atoms with Gasteiger partial charge in [0.25, 0.3) is 5.91 Å². The number of hydrogen-bond acceptors (Lipinski definition) is 3. The Morgan fingerprint density at radius 3 is 2.58 bits per heavy atom. The van der Waals surface area contributed by atoms with Crippen molar-refractivity contribution in [1.82, 2.24) is 10.5 Å². The Kier molecular flexibility index (Phi) is 2.82. The number of hydrogen-bond donors (Lipinski definition) is 1. The summed E-state index contributed by atoms with van der Waals surface area (Å²) in [7, 11) is 0. The lowest BCUT2D eigenvalue weighted by atomic mass is 10.0. The Labute approximate surface area is 115 Å². The van der Waals surface area contributed by atoms with Gasteiger partial charge in [-0.05, 0) is 37.5 Å². The van der Waals surface area contributed by atoms with Gasteiger partial charge in [-0.25, -0.2) is 0 Å². The highest BCUT2D eigenvalue weighted by Gasteiger charge is 2.46. The monoisotopic (exact) mass is 276 g/mol. The number of nitrogens with one attached hydrogen (secondary N) is 1. The summed E-state index contributed by atoms with van der Waals surface area (Å²) in [4.78, 5) is 12.1. The number of aromatic nitrogens is 1. The molecule has 1 aromatic carbocycles. The number of halogens is 1. The number of amides is 1. The van der Waals surface area contributed by atoms with Crippen LogP contribution in [0.3, 0.4) is 0 Å². The molecule has 1 saturated carbocycles. The molecule has 0 saturated heterocycles. The SMILES string of the molecule is Cc1cc(C(=O)NC2(c3ccc(Cl)cc3)CC2)on1. The molecular weight excluding hydrogens is 264 g/mol. The standard InChI is InChI=1S/C14H13ClN2O2/c1-9-8-12(19-17-9)13(18)16-14(6-7-14)10-2-4-11(15)5-3-10/h2-5,8H,6-7H2,1H3,(H,16,18). The maximum atomic E-state index is 12.1. The number of rotatable bonds is 3. The molecule has 1 aliphatic rings. The fourth-order valence-corrected chi connectivity index (χ4v) is 2.26. The van der Waals surface area contributed by atoms with Crippen molar-refractivity contribution in [2.75, 3.05) is 0 Å². The molecule has 3 rings (SSSR count). The van der Waals surface area contributed by atoms with E-state index < -0.39 is 0 Å². The Bertz CT molecular complexity index is 615. The Balaban J connectivity index is 1.79. The average Bonchev–Trinajstić information content (AvgIpc) is 3.03. The van der Waals surface area contributed by atoms with Crippen molar-refractivity contribution >= 4 is 17.5 Å². The third-order valence-electron chi connectivity index (χ3n) is 3.35. The third kappa shape index (κ3) is 2.36. The molecule has 2 aromatic rings. The molecule has 1 fully saturated rings. The molecule has 1 heterocycles. The molecular formula is C14H13ClN2O2. The quantitative estimate of drug-likeness (QED) is 0.937. The van der Waals surface area contributed by atoms with E-state index in [-0.39, 0.29) is 17.2 Å². The lowest BCUT2D eigenvalue weighted by Gasteiger charge is -2.17. The lowest BCUT2D eigenvalue weighted by Crippen LogP contribution is -2.34. The van der Waals surface area contributed by atoms with Crippen LogP contribution in [0.5, 0.6) is 0 Å². The number of carbonyl (C=O) groups excluding carboxylic acids is 1.